The fourth-order valence-corrected chi connectivity index (χ4v) is 1.63. The van der Waals surface area contributed by atoms with Gasteiger partial charge in [-0.05, 0) is 66.2 Å². The molecule has 0 N–H and O–H groups in total. The molecule has 0 amide bonds. The second-order valence-electron chi connectivity index (χ2n) is 8.72. The van der Waals surface area contributed by atoms with E-state index < -0.39 is 0 Å². The van der Waals surface area contributed by atoms with E-state index in [1.165, 1.54) is 19.3 Å². The summed E-state index contributed by atoms with van der Waals surface area (Å²) in [7, 11) is 10.4. The number of rotatable bonds is 14. The highest BCUT2D eigenvalue weighted by atomic mass is 16.5. The second-order valence-corrected chi connectivity index (χ2v) is 8.72. The standard InChI is InChI=1S/3C6H14O.C5H12O.C4H10O.C3H8O/c1-5-6(2,3)7-4;1-4-6(5-2)7-3;1-3-4-5-6-7-2;1-4-5(2)6-3;1-3-4-5-2;1-3-4-2/h5H2,1-4H3;6H,4-5H2,1-3H3;3-6H2,1-2H3;5H,4H2,1-3H3;3-4H2,1-2H3;3H2,1-2H3. The fraction of sp³-hybridized carbons (Fsp3) is 1.00. The first-order valence-electron chi connectivity index (χ1n) is 14.1. The van der Waals surface area contributed by atoms with Crippen LogP contribution in [0.2, 0.25) is 0 Å². The second kappa shape index (κ2) is 47.9. The summed E-state index contributed by atoms with van der Waals surface area (Å²) < 4.78 is 29.1. The zero-order chi connectivity index (χ0) is 29.7. The quantitative estimate of drug-likeness (QED) is 0.210. The van der Waals surface area contributed by atoms with Crippen molar-refractivity contribution < 1.29 is 28.4 Å². The summed E-state index contributed by atoms with van der Waals surface area (Å²) in [5, 5.41) is 0. The Morgan fingerprint density at radius 3 is 1.14 bits per heavy atom. The van der Waals surface area contributed by atoms with Crippen molar-refractivity contribution in [3.63, 3.8) is 0 Å². The molecule has 0 heterocycles. The number of unbranched alkanes of at least 4 members (excludes halogenated alkanes) is 2. The van der Waals surface area contributed by atoms with Gasteiger partial charge < -0.3 is 28.4 Å². The lowest BCUT2D eigenvalue weighted by Crippen LogP contribution is -2.20. The SMILES string of the molecule is CCC(C)(C)OC.CCC(C)OC.CCC(CC)OC.CCCCCOC.CCCOC.CCOC. The molecule has 0 aromatic rings. The average Bonchev–Trinajstić information content (AvgIpc) is 2.91. The molecule has 6 nitrogen and oxygen atoms in total. The third kappa shape index (κ3) is 69.9. The highest BCUT2D eigenvalue weighted by Gasteiger charge is 2.10. The fourth-order valence-electron chi connectivity index (χ4n) is 1.63. The third-order valence-corrected chi connectivity index (χ3v) is 5.27. The van der Waals surface area contributed by atoms with Crippen LogP contribution in [0, 0.1) is 0 Å². The van der Waals surface area contributed by atoms with Crippen molar-refractivity contribution in [2.45, 2.75) is 138 Å². The first kappa shape index (κ1) is 48.8. The summed E-state index contributed by atoms with van der Waals surface area (Å²) in [6, 6.07) is 0. The van der Waals surface area contributed by atoms with Gasteiger partial charge in [-0.3, -0.25) is 0 Å². The number of methoxy groups -OCH3 is 6. The van der Waals surface area contributed by atoms with Gasteiger partial charge in [0.25, 0.3) is 0 Å². The molecule has 0 saturated heterocycles. The van der Waals surface area contributed by atoms with Gasteiger partial charge in [-0.2, -0.15) is 0 Å². The van der Waals surface area contributed by atoms with E-state index in [2.05, 4.69) is 67.1 Å². The van der Waals surface area contributed by atoms with Crippen molar-refractivity contribution in [1.29, 1.82) is 0 Å². The molecule has 0 aromatic carbocycles. The molecule has 0 aromatic heterocycles. The predicted molar refractivity (Wildman–Crippen MR) is 161 cm³/mol. The average molecular weight is 529 g/mol. The summed E-state index contributed by atoms with van der Waals surface area (Å²) in [5.74, 6) is 0. The minimum atomic E-state index is 0.0833. The molecule has 0 saturated carbocycles. The van der Waals surface area contributed by atoms with Gasteiger partial charge >= 0.3 is 0 Å². The van der Waals surface area contributed by atoms with Crippen LogP contribution < -0.4 is 0 Å². The van der Waals surface area contributed by atoms with Crippen molar-refractivity contribution in [2.75, 3.05) is 62.5 Å². The topological polar surface area (TPSA) is 55.4 Å². The first-order valence-corrected chi connectivity index (χ1v) is 14.1. The van der Waals surface area contributed by atoms with Gasteiger partial charge in [0.05, 0.1) is 17.8 Å². The van der Waals surface area contributed by atoms with E-state index in [-0.39, 0.29) is 5.60 Å². The highest BCUT2D eigenvalue weighted by molar-refractivity contribution is 4.62. The Morgan fingerprint density at radius 2 is 1.06 bits per heavy atom. The van der Waals surface area contributed by atoms with Gasteiger partial charge in [-0.1, -0.05) is 54.4 Å². The Hall–Kier alpha value is -0.240. The van der Waals surface area contributed by atoms with Gasteiger partial charge in [-0.15, -0.1) is 0 Å². The largest absolute Gasteiger partial charge is 0.385 e. The molecular formula is C30H72O6. The van der Waals surface area contributed by atoms with E-state index in [9.17, 15) is 0 Å². The van der Waals surface area contributed by atoms with Gasteiger partial charge in [0.1, 0.15) is 0 Å². The maximum absolute atomic E-state index is 5.09. The molecule has 0 aliphatic rings. The molecule has 36 heavy (non-hydrogen) atoms. The lowest BCUT2D eigenvalue weighted by atomic mass is 10.1. The molecular weight excluding hydrogens is 456 g/mol. The van der Waals surface area contributed by atoms with Gasteiger partial charge in [-0.25, -0.2) is 0 Å². The molecule has 0 radical (unpaired) electrons. The molecule has 228 valence electrons. The van der Waals surface area contributed by atoms with Crippen molar-refractivity contribution in [2.24, 2.45) is 0 Å². The molecule has 0 bridgehead atoms. The molecule has 0 aliphatic carbocycles. The smallest absolute Gasteiger partial charge is 0.0620 e. The van der Waals surface area contributed by atoms with Crippen LogP contribution >= 0.6 is 0 Å². The number of ether oxygens (including phenoxy) is 6. The molecule has 1 unspecified atom stereocenters. The molecule has 6 heteroatoms. The Morgan fingerprint density at radius 1 is 0.583 bits per heavy atom. The molecule has 0 rings (SSSR count). The van der Waals surface area contributed by atoms with Crippen LogP contribution in [-0.2, 0) is 28.4 Å². The van der Waals surface area contributed by atoms with Crippen LogP contribution in [0.5, 0.6) is 0 Å². The van der Waals surface area contributed by atoms with Crippen molar-refractivity contribution >= 4 is 0 Å². The summed E-state index contributed by atoms with van der Waals surface area (Å²) in [4.78, 5) is 0. The van der Waals surface area contributed by atoms with Crippen LogP contribution in [0.1, 0.15) is 121 Å². The van der Waals surface area contributed by atoms with Crippen molar-refractivity contribution in [3.05, 3.63) is 0 Å². The van der Waals surface area contributed by atoms with E-state index in [4.69, 9.17) is 23.7 Å². The van der Waals surface area contributed by atoms with Crippen LogP contribution in [0.25, 0.3) is 0 Å². The summed E-state index contributed by atoms with van der Waals surface area (Å²) in [6.45, 7) is 23.6. The van der Waals surface area contributed by atoms with Crippen LogP contribution in [0.3, 0.4) is 0 Å². The van der Waals surface area contributed by atoms with E-state index in [0.29, 0.717) is 12.2 Å². The van der Waals surface area contributed by atoms with E-state index in [1.807, 2.05) is 6.92 Å². The Labute approximate surface area is 229 Å². The lowest BCUT2D eigenvalue weighted by molar-refractivity contribution is 0.0196. The highest BCUT2D eigenvalue weighted by Crippen LogP contribution is 2.10. The Bertz CT molecular complexity index is 274. The monoisotopic (exact) mass is 529 g/mol. The lowest BCUT2D eigenvalue weighted by Gasteiger charge is -2.19. The van der Waals surface area contributed by atoms with Gasteiger partial charge in [0, 0.05) is 62.5 Å². The van der Waals surface area contributed by atoms with Crippen LogP contribution in [0.15, 0.2) is 0 Å². The summed E-state index contributed by atoms with van der Waals surface area (Å²) in [6.07, 6.45) is 10.3. The zero-order valence-corrected chi connectivity index (χ0v) is 27.9. The molecule has 0 aliphatic heterocycles. The minimum Gasteiger partial charge on any atom is -0.385 e. The van der Waals surface area contributed by atoms with E-state index in [0.717, 1.165) is 51.9 Å². The summed E-state index contributed by atoms with van der Waals surface area (Å²) in [5.41, 5.74) is 0.0833. The number of hydrogen-bond acceptors (Lipinski definition) is 6. The van der Waals surface area contributed by atoms with Gasteiger partial charge in [0.2, 0.25) is 0 Å². The van der Waals surface area contributed by atoms with Gasteiger partial charge in [0.15, 0.2) is 0 Å². The maximum Gasteiger partial charge on any atom is 0.0620 e. The Kier molecular flexibility index (Phi) is 64.9. The number of hydrogen-bond donors (Lipinski definition) is 0. The zero-order valence-electron chi connectivity index (χ0n) is 27.9. The van der Waals surface area contributed by atoms with Crippen molar-refractivity contribution in [3.8, 4) is 0 Å². The van der Waals surface area contributed by atoms with E-state index >= 15 is 0 Å². The maximum atomic E-state index is 5.09. The predicted octanol–water partition coefficient (Wildman–Crippen LogP) is 8.59. The minimum absolute atomic E-state index is 0.0833. The molecule has 1 atom stereocenters. The Balaban J connectivity index is -0.0000000758. The normalized spacial score (nSPS) is 10.6. The molecule has 0 fully saturated rings. The third-order valence-electron chi connectivity index (χ3n) is 5.27. The van der Waals surface area contributed by atoms with Crippen molar-refractivity contribution in [1.82, 2.24) is 0 Å². The van der Waals surface area contributed by atoms with E-state index in [1.54, 1.807) is 42.7 Å². The summed E-state index contributed by atoms with van der Waals surface area (Å²) >= 11 is 0. The first-order chi connectivity index (χ1) is 17.0. The molecule has 0 spiro atoms. The van der Waals surface area contributed by atoms with Crippen LogP contribution in [-0.4, -0.2) is 80.3 Å². The van der Waals surface area contributed by atoms with Crippen LogP contribution in [0.4, 0.5) is 0 Å².